The molecule has 0 atom stereocenters. The Bertz CT molecular complexity index is 492. The first-order valence-electron chi connectivity index (χ1n) is 7.59. The molecular weight excluding hydrogens is 274 g/mol. The molecule has 0 aliphatic heterocycles. The molecule has 21 heavy (non-hydrogen) atoms. The largest absolute Gasteiger partial charge is 0.381 e. The highest BCUT2D eigenvalue weighted by Crippen LogP contribution is 2.30. The lowest BCUT2D eigenvalue weighted by Gasteiger charge is -2.22. The fraction of sp³-hybridized carbons (Fsp3) is 0.562. The van der Waals surface area contributed by atoms with Gasteiger partial charge in [-0.15, -0.1) is 0 Å². The Labute approximate surface area is 124 Å². The van der Waals surface area contributed by atoms with Gasteiger partial charge in [0, 0.05) is 25.2 Å². The Kier molecular flexibility index (Phi) is 5.15. The van der Waals surface area contributed by atoms with Crippen molar-refractivity contribution in [1.29, 1.82) is 0 Å². The number of hydrogen-bond acceptors (Lipinski definition) is 2. The van der Waals surface area contributed by atoms with E-state index in [1.165, 1.54) is 0 Å². The minimum atomic E-state index is -0.719. The van der Waals surface area contributed by atoms with Crippen LogP contribution >= 0.6 is 0 Å². The SMILES string of the molecule is CCCN(CC1CC1)C(=O)c1cc(F)c(NCC)c(F)c1. The molecule has 0 heterocycles. The molecule has 1 N–H and O–H groups in total. The van der Waals surface area contributed by atoms with Crippen molar-refractivity contribution < 1.29 is 13.6 Å². The third kappa shape index (κ3) is 3.93. The van der Waals surface area contributed by atoms with E-state index in [1.807, 2.05) is 6.92 Å². The number of carbonyl (C=O) groups excluding carboxylic acids is 1. The number of carbonyl (C=O) groups is 1. The number of nitrogens with one attached hydrogen (secondary N) is 1. The first kappa shape index (κ1) is 15.7. The molecule has 0 radical (unpaired) electrons. The maximum absolute atomic E-state index is 13.9. The van der Waals surface area contributed by atoms with E-state index in [9.17, 15) is 13.6 Å². The summed E-state index contributed by atoms with van der Waals surface area (Å²) in [7, 11) is 0. The normalized spacial score (nSPS) is 14.1. The zero-order valence-corrected chi connectivity index (χ0v) is 12.6. The molecule has 1 aliphatic rings. The van der Waals surface area contributed by atoms with Gasteiger partial charge in [0.25, 0.3) is 5.91 Å². The Morgan fingerprint density at radius 3 is 2.38 bits per heavy atom. The Morgan fingerprint density at radius 2 is 1.90 bits per heavy atom. The minimum absolute atomic E-state index is 0.0840. The number of nitrogens with zero attached hydrogens (tertiary/aromatic N) is 1. The molecule has 1 saturated carbocycles. The van der Waals surface area contributed by atoms with Crippen LogP contribution in [0.25, 0.3) is 0 Å². The number of hydrogen-bond donors (Lipinski definition) is 1. The Balaban J connectivity index is 2.20. The molecule has 0 spiro atoms. The minimum Gasteiger partial charge on any atom is -0.381 e. The lowest BCUT2D eigenvalue weighted by molar-refractivity contribution is 0.0746. The van der Waals surface area contributed by atoms with Crippen molar-refractivity contribution in [3.63, 3.8) is 0 Å². The summed E-state index contributed by atoms with van der Waals surface area (Å²) >= 11 is 0. The van der Waals surface area contributed by atoms with Gasteiger partial charge in [-0.3, -0.25) is 4.79 Å². The van der Waals surface area contributed by atoms with Crippen molar-refractivity contribution in [2.45, 2.75) is 33.1 Å². The lowest BCUT2D eigenvalue weighted by Crippen LogP contribution is -2.33. The van der Waals surface area contributed by atoms with Crippen LogP contribution in [-0.2, 0) is 0 Å². The zero-order chi connectivity index (χ0) is 15.4. The number of benzene rings is 1. The molecular formula is C16H22F2N2O. The zero-order valence-electron chi connectivity index (χ0n) is 12.6. The summed E-state index contributed by atoms with van der Waals surface area (Å²) in [5.41, 5.74) is -0.0842. The van der Waals surface area contributed by atoms with Crippen molar-refractivity contribution in [2.24, 2.45) is 5.92 Å². The van der Waals surface area contributed by atoms with Gasteiger partial charge < -0.3 is 10.2 Å². The molecule has 3 nitrogen and oxygen atoms in total. The average molecular weight is 296 g/mol. The molecule has 0 unspecified atom stereocenters. The summed E-state index contributed by atoms with van der Waals surface area (Å²) in [4.78, 5) is 14.2. The highest BCUT2D eigenvalue weighted by atomic mass is 19.1. The van der Waals surface area contributed by atoms with Crippen LogP contribution in [0.4, 0.5) is 14.5 Å². The first-order valence-corrected chi connectivity index (χ1v) is 7.59. The molecule has 0 bridgehead atoms. The Hall–Kier alpha value is -1.65. The summed E-state index contributed by atoms with van der Waals surface area (Å²) in [5, 5.41) is 2.63. The quantitative estimate of drug-likeness (QED) is 0.833. The van der Waals surface area contributed by atoms with Gasteiger partial charge in [-0.25, -0.2) is 8.78 Å². The van der Waals surface area contributed by atoms with E-state index in [0.29, 0.717) is 25.6 Å². The molecule has 1 aliphatic carbocycles. The van der Waals surface area contributed by atoms with Gasteiger partial charge in [-0.2, -0.15) is 0 Å². The van der Waals surface area contributed by atoms with E-state index in [0.717, 1.165) is 31.4 Å². The van der Waals surface area contributed by atoms with Crippen LogP contribution in [0.5, 0.6) is 0 Å². The molecule has 1 fully saturated rings. The molecule has 5 heteroatoms. The first-order chi connectivity index (χ1) is 10.1. The lowest BCUT2D eigenvalue weighted by atomic mass is 10.1. The Morgan fingerprint density at radius 1 is 1.29 bits per heavy atom. The molecule has 2 rings (SSSR count). The van der Waals surface area contributed by atoms with E-state index >= 15 is 0 Å². The van der Waals surface area contributed by atoms with Gasteiger partial charge in [0.15, 0.2) is 0 Å². The predicted molar refractivity (Wildman–Crippen MR) is 79.4 cm³/mol. The second-order valence-corrected chi connectivity index (χ2v) is 5.54. The van der Waals surface area contributed by atoms with E-state index in [-0.39, 0.29) is 17.2 Å². The monoisotopic (exact) mass is 296 g/mol. The summed E-state index contributed by atoms with van der Waals surface area (Å²) in [6.07, 6.45) is 3.10. The summed E-state index contributed by atoms with van der Waals surface area (Å²) < 4.78 is 27.8. The summed E-state index contributed by atoms with van der Waals surface area (Å²) in [6, 6.07) is 2.25. The second-order valence-electron chi connectivity index (χ2n) is 5.54. The van der Waals surface area contributed by atoms with Crippen LogP contribution in [0.2, 0.25) is 0 Å². The molecule has 1 amide bonds. The van der Waals surface area contributed by atoms with E-state index in [4.69, 9.17) is 0 Å². The maximum Gasteiger partial charge on any atom is 0.254 e. The van der Waals surface area contributed by atoms with Crippen LogP contribution in [-0.4, -0.2) is 30.4 Å². The molecule has 116 valence electrons. The number of anilines is 1. The van der Waals surface area contributed by atoms with Gasteiger partial charge >= 0.3 is 0 Å². The van der Waals surface area contributed by atoms with Crippen LogP contribution in [0.1, 0.15) is 43.5 Å². The van der Waals surface area contributed by atoms with Crippen LogP contribution in [0.3, 0.4) is 0 Å². The smallest absolute Gasteiger partial charge is 0.254 e. The van der Waals surface area contributed by atoms with Crippen molar-refractivity contribution in [3.8, 4) is 0 Å². The topological polar surface area (TPSA) is 32.3 Å². The van der Waals surface area contributed by atoms with E-state index in [2.05, 4.69) is 5.32 Å². The number of amides is 1. The highest BCUT2D eigenvalue weighted by molar-refractivity contribution is 5.94. The van der Waals surface area contributed by atoms with Crippen LogP contribution in [0.15, 0.2) is 12.1 Å². The summed E-state index contributed by atoms with van der Waals surface area (Å²) in [5.74, 6) is -1.17. The van der Waals surface area contributed by atoms with Gasteiger partial charge in [0.05, 0.1) is 0 Å². The van der Waals surface area contributed by atoms with Gasteiger partial charge in [0.1, 0.15) is 17.3 Å². The number of halogens is 2. The molecule has 0 saturated heterocycles. The van der Waals surface area contributed by atoms with Gasteiger partial charge in [-0.1, -0.05) is 6.92 Å². The van der Waals surface area contributed by atoms with Gasteiger partial charge in [0.2, 0.25) is 0 Å². The van der Waals surface area contributed by atoms with Crippen molar-refractivity contribution in [3.05, 3.63) is 29.3 Å². The number of rotatable bonds is 7. The third-order valence-electron chi connectivity index (χ3n) is 3.60. The predicted octanol–water partition coefficient (Wildman–Crippen LogP) is 3.66. The van der Waals surface area contributed by atoms with Crippen molar-refractivity contribution in [1.82, 2.24) is 4.90 Å². The molecule has 0 aromatic heterocycles. The summed E-state index contributed by atoms with van der Waals surface area (Å²) in [6.45, 7) is 5.47. The van der Waals surface area contributed by atoms with Crippen molar-refractivity contribution >= 4 is 11.6 Å². The highest BCUT2D eigenvalue weighted by Gasteiger charge is 2.27. The average Bonchev–Trinajstić information content (AvgIpc) is 3.25. The molecule has 1 aromatic carbocycles. The van der Waals surface area contributed by atoms with Crippen LogP contribution in [0, 0.1) is 17.6 Å². The second kappa shape index (κ2) is 6.87. The third-order valence-corrected chi connectivity index (χ3v) is 3.60. The van der Waals surface area contributed by atoms with E-state index in [1.54, 1.807) is 11.8 Å². The van der Waals surface area contributed by atoms with E-state index < -0.39 is 11.6 Å². The standard InChI is InChI=1S/C16H22F2N2O/c1-3-7-20(10-11-5-6-11)16(21)12-8-13(17)15(19-4-2)14(18)9-12/h8-9,11,19H,3-7,10H2,1-2H3. The maximum atomic E-state index is 13.9. The van der Waals surface area contributed by atoms with Gasteiger partial charge in [-0.05, 0) is 44.2 Å². The van der Waals surface area contributed by atoms with Crippen LogP contribution < -0.4 is 5.32 Å². The fourth-order valence-corrected chi connectivity index (χ4v) is 2.38. The molecule has 1 aromatic rings. The fourth-order valence-electron chi connectivity index (χ4n) is 2.38. The van der Waals surface area contributed by atoms with Crippen molar-refractivity contribution in [2.75, 3.05) is 25.0 Å².